The number of rotatable bonds is 5. The van der Waals surface area contributed by atoms with Crippen LogP contribution in [0.2, 0.25) is 6.32 Å². The minimum Gasteiger partial charge on any atom is -0.479 e. The molecule has 2 aliphatic rings. The Balaban J connectivity index is 1.88. The molecule has 0 saturated carbocycles. The van der Waals surface area contributed by atoms with Crippen LogP contribution in [-0.2, 0) is 14.1 Å². The van der Waals surface area contributed by atoms with E-state index in [9.17, 15) is 14.7 Å². The average Bonchev–Trinajstić information content (AvgIpc) is 2.89. The largest absolute Gasteiger partial charge is 0.479 e. The normalized spacial score (nSPS) is 25.6. The smallest absolute Gasteiger partial charge is 0.457 e. The molecule has 1 unspecified atom stereocenters. The van der Waals surface area contributed by atoms with E-state index in [4.69, 9.17) is 14.4 Å². The van der Waals surface area contributed by atoms with Crippen LogP contribution in [0.4, 0.5) is 4.79 Å². The van der Waals surface area contributed by atoms with Gasteiger partial charge in [0.05, 0.1) is 11.2 Å². The number of hydrogen-bond acceptors (Lipinski definition) is 4. The van der Waals surface area contributed by atoms with Crippen LogP contribution in [0.3, 0.4) is 0 Å². The number of aliphatic carboxylic acids is 1. The molecule has 23 heavy (non-hydrogen) atoms. The second-order valence-corrected chi connectivity index (χ2v) is 7.03. The van der Waals surface area contributed by atoms with Crippen LogP contribution in [0.15, 0.2) is 11.6 Å². The number of carboxylic acid groups (broad SMARTS) is 2. The minimum atomic E-state index is -1.21. The van der Waals surface area contributed by atoms with E-state index in [1.54, 1.807) is 6.08 Å². The van der Waals surface area contributed by atoms with Gasteiger partial charge in [-0.05, 0) is 46.0 Å². The molecular weight excluding hydrogens is 301 g/mol. The van der Waals surface area contributed by atoms with Crippen LogP contribution in [0.25, 0.3) is 0 Å². The number of nitrogens with zero attached hydrogens (tertiary/aromatic N) is 1. The number of carbonyl (C=O) groups is 2. The third-order valence-electron chi connectivity index (χ3n) is 4.90. The predicted molar refractivity (Wildman–Crippen MR) is 84.4 cm³/mol. The molecule has 0 aromatic carbocycles. The second-order valence-electron chi connectivity index (χ2n) is 7.03. The van der Waals surface area contributed by atoms with Crippen LogP contribution >= 0.6 is 0 Å². The Morgan fingerprint density at radius 1 is 1.26 bits per heavy atom. The highest BCUT2D eigenvalue weighted by Crippen LogP contribution is 2.38. The van der Waals surface area contributed by atoms with Gasteiger partial charge in [0.1, 0.15) is 0 Å². The highest BCUT2D eigenvalue weighted by atomic mass is 16.7. The van der Waals surface area contributed by atoms with Crippen molar-refractivity contribution in [2.24, 2.45) is 0 Å². The fourth-order valence-electron chi connectivity index (χ4n) is 2.91. The molecule has 0 aromatic rings. The van der Waals surface area contributed by atoms with Gasteiger partial charge in [-0.3, -0.25) is 4.90 Å². The standard InChI is InChI=1S/C15H24BNO6/c1-14(2)15(3,4)23-16(22-14)8-5-6-10-7-9-17(13(20)21)11(10)12(18)19/h7,11H,5-6,8-9H2,1-4H3,(H,18,19)(H,20,21). The molecule has 128 valence electrons. The lowest BCUT2D eigenvalue weighted by molar-refractivity contribution is -0.140. The summed E-state index contributed by atoms with van der Waals surface area (Å²) in [5.41, 5.74) is -0.126. The molecule has 1 atom stereocenters. The van der Waals surface area contributed by atoms with Gasteiger partial charge in [0, 0.05) is 6.54 Å². The van der Waals surface area contributed by atoms with Crippen LogP contribution < -0.4 is 0 Å². The SMILES string of the molecule is CC1(C)OB(CCCC2=CCN(C(=O)O)C2C(=O)O)OC1(C)C. The summed E-state index contributed by atoms with van der Waals surface area (Å²) in [6.45, 7) is 8.06. The number of carboxylic acids is 1. The Bertz CT molecular complexity index is 514. The van der Waals surface area contributed by atoms with E-state index >= 15 is 0 Å². The number of hydrogen-bond donors (Lipinski definition) is 2. The maximum atomic E-state index is 11.3. The second kappa shape index (κ2) is 6.16. The lowest BCUT2D eigenvalue weighted by atomic mass is 9.81. The van der Waals surface area contributed by atoms with Gasteiger partial charge in [-0.15, -0.1) is 0 Å². The molecule has 2 aliphatic heterocycles. The summed E-state index contributed by atoms with van der Waals surface area (Å²) in [4.78, 5) is 23.3. The summed E-state index contributed by atoms with van der Waals surface area (Å²) in [7, 11) is -0.319. The van der Waals surface area contributed by atoms with Crippen LogP contribution in [0.5, 0.6) is 0 Å². The van der Waals surface area contributed by atoms with Crippen molar-refractivity contribution in [3.8, 4) is 0 Å². The van der Waals surface area contributed by atoms with Gasteiger partial charge in [0.2, 0.25) is 0 Å². The maximum absolute atomic E-state index is 11.3. The first-order chi connectivity index (χ1) is 10.5. The van der Waals surface area contributed by atoms with Crippen molar-refractivity contribution in [3.63, 3.8) is 0 Å². The third-order valence-corrected chi connectivity index (χ3v) is 4.90. The summed E-state index contributed by atoms with van der Waals surface area (Å²) in [6, 6.07) is -1.08. The summed E-state index contributed by atoms with van der Waals surface area (Å²) in [5, 5.41) is 18.3. The molecule has 1 amide bonds. The molecule has 0 radical (unpaired) electrons. The lowest BCUT2D eigenvalue weighted by Gasteiger charge is -2.32. The van der Waals surface area contributed by atoms with Crippen molar-refractivity contribution in [2.45, 2.75) is 64.1 Å². The molecule has 0 bridgehead atoms. The Kier molecular flexibility index (Phi) is 4.77. The Morgan fingerprint density at radius 2 is 1.83 bits per heavy atom. The van der Waals surface area contributed by atoms with Crippen molar-refractivity contribution >= 4 is 19.2 Å². The van der Waals surface area contributed by atoms with Gasteiger partial charge in [-0.25, -0.2) is 9.59 Å². The minimum absolute atomic E-state index is 0.123. The van der Waals surface area contributed by atoms with Crippen LogP contribution in [0.1, 0.15) is 40.5 Å². The molecule has 1 saturated heterocycles. The first kappa shape index (κ1) is 17.8. The third kappa shape index (κ3) is 3.53. The Labute approximate surface area is 136 Å². The Hall–Kier alpha value is -1.54. The van der Waals surface area contributed by atoms with Gasteiger partial charge in [-0.1, -0.05) is 12.5 Å². The molecule has 1 fully saturated rings. The summed E-state index contributed by atoms with van der Waals surface area (Å²) in [5.74, 6) is -1.13. The highest BCUT2D eigenvalue weighted by molar-refractivity contribution is 6.45. The molecule has 0 spiro atoms. The van der Waals surface area contributed by atoms with E-state index in [0.29, 0.717) is 24.7 Å². The summed E-state index contributed by atoms with van der Waals surface area (Å²) in [6.07, 6.45) is 2.32. The van der Waals surface area contributed by atoms with Crippen LogP contribution in [-0.4, -0.2) is 58.1 Å². The van der Waals surface area contributed by atoms with Crippen LogP contribution in [0, 0.1) is 0 Å². The monoisotopic (exact) mass is 325 g/mol. The molecule has 7 nitrogen and oxygen atoms in total. The van der Waals surface area contributed by atoms with Gasteiger partial charge < -0.3 is 19.5 Å². The van der Waals surface area contributed by atoms with E-state index in [2.05, 4.69) is 0 Å². The van der Waals surface area contributed by atoms with Crippen molar-refractivity contribution in [3.05, 3.63) is 11.6 Å². The van der Waals surface area contributed by atoms with E-state index in [1.165, 1.54) is 0 Å². The first-order valence-electron chi connectivity index (χ1n) is 7.82. The quantitative estimate of drug-likeness (QED) is 0.594. The summed E-state index contributed by atoms with van der Waals surface area (Å²) < 4.78 is 11.8. The fraction of sp³-hybridized carbons (Fsp3) is 0.733. The Morgan fingerprint density at radius 3 is 2.30 bits per heavy atom. The molecule has 0 aromatic heterocycles. The van der Waals surface area contributed by atoms with E-state index in [0.717, 1.165) is 4.90 Å². The predicted octanol–water partition coefficient (Wildman–Crippen LogP) is 2.23. The first-order valence-corrected chi connectivity index (χ1v) is 7.82. The van der Waals surface area contributed by atoms with Crippen molar-refractivity contribution in [1.82, 2.24) is 4.90 Å². The van der Waals surface area contributed by atoms with Crippen molar-refractivity contribution < 1.29 is 29.1 Å². The van der Waals surface area contributed by atoms with E-state index < -0.39 is 18.1 Å². The molecule has 2 rings (SSSR count). The van der Waals surface area contributed by atoms with E-state index in [-0.39, 0.29) is 24.9 Å². The summed E-state index contributed by atoms with van der Waals surface area (Å²) >= 11 is 0. The van der Waals surface area contributed by atoms with Gasteiger partial charge in [-0.2, -0.15) is 0 Å². The average molecular weight is 325 g/mol. The lowest BCUT2D eigenvalue weighted by Crippen LogP contribution is -2.41. The zero-order valence-corrected chi connectivity index (χ0v) is 14.0. The molecule has 8 heteroatoms. The van der Waals surface area contributed by atoms with Crippen molar-refractivity contribution in [2.75, 3.05) is 6.54 Å². The van der Waals surface area contributed by atoms with E-state index in [1.807, 2.05) is 27.7 Å². The zero-order chi connectivity index (χ0) is 17.4. The topological polar surface area (TPSA) is 96.3 Å². The molecule has 2 heterocycles. The molecular formula is C15H24BNO6. The highest BCUT2D eigenvalue weighted by Gasteiger charge is 2.50. The zero-order valence-electron chi connectivity index (χ0n) is 14.0. The molecule has 2 N–H and O–H groups in total. The fourth-order valence-corrected chi connectivity index (χ4v) is 2.91. The number of amides is 1. The van der Waals surface area contributed by atoms with Crippen molar-refractivity contribution in [1.29, 1.82) is 0 Å². The maximum Gasteiger partial charge on any atom is 0.457 e. The van der Waals surface area contributed by atoms with Gasteiger partial charge >= 0.3 is 19.2 Å². The van der Waals surface area contributed by atoms with Gasteiger partial charge in [0.25, 0.3) is 0 Å². The van der Waals surface area contributed by atoms with Gasteiger partial charge in [0.15, 0.2) is 6.04 Å². The molecule has 0 aliphatic carbocycles.